The number of esters is 1. The predicted octanol–water partition coefficient (Wildman–Crippen LogP) is 2.98. The Kier molecular flexibility index (Phi) is 7.47. The standard InChI is InChI=1S/C20H26N2O5/c1-3-11-26-16-8-7-15(12-17(16)25-4-2)19(24)27-13-18(23)22-20(14-21)9-5-6-10-20/h7-8,12H,3-6,9-11,13H2,1-2H3,(H,22,23). The molecule has 1 aromatic carbocycles. The SMILES string of the molecule is CCCOc1ccc(C(=O)OCC(=O)NC2(C#N)CCCC2)cc1OCC. The van der Waals surface area contributed by atoms with E-state index in [1.807, 2.05) is 13.8 Å². The maximum atomic E-state index is 12.3. The summed E-state index contributed by atoms with van der Waals surface area (Å²) in [6, 6.07) is 6.94. The Morgan fingerprint density at radius 2 is 1.93 bits per heavy atom. The molecule has 0 aromatic heterocycles. The molecule has 1 fully saturated rings. The summed E-state index contributed by atoms with van der Waals surface area (Å²) in [4.78, 5) is 24.3. The van der Waals surface area contributed by atoms with Crippen LogP contribution in [0.3, 0.4) is 0 Å². The highest BCUT2D eigenvalue weighted by Gasteiger charge is 2.35. The lowest BCUT2D eigenvalue weighted by Crippen LogP contribution is -2.46. The Morgan fingerprint density at radius 3 is 2.56 bits per heavy atom. The highest BCUT2D eigenvalue weighted by Crippen LogP contribution is 2.30. The Hall–Kier alpha value is -2.75. The zero-order valence-electron chi connectivity index (χ0n) is 15.9. The summed E-state index contributed by atoms with van der Waals surface area (Å²) in [5.41, 5.74) is -0.560. The van der Waals surface area contributed by atoms with Crippen molar-refractivity contribution in [3.05, 3.63) is 23.8 Å². The molecule has 1 N–H and O–H groups in total. The van der Waals surface area contributed by atoms with Gasteiger partial charge in [-0.05, 0) is 57.2 Å². The van der Waals surface area contributed by atoms with Crippen LogP contribution < -0.4 is 14.8 Å². The molecule has 146 valence electrons. The molecule has 0 unspecified atom stereocenters. The van der Waals surface area contributed by atoms with Gasteiger partial charge in [0.25, 0.3) is 5.91 Å². The molecule has 0 radical (unpaired) electrons. The van der Waals surface area contributed by atoms with Gasteiger partial charge in [0.15, 0.2) is 18.1 Å². The number of hydrogen-bond donors (Lipinski definition) is 1. The van der Waals surface area contributed by atoms with Gasteiger partial charge in [0, 0.05) is 0 Å². The number of carbonyl (C=O) groups excluding carboxylic acids is 2. The summed E-state index contributed by atoms with van der Waals surface area (Å²) >= 11 is 0. The Bertz CT molecular complexity index is 705. The smallest absolute Gasteiger partial charge is 0.338 e. The molecular formula is C20H26N2O5. The summed E-state index contributed by atoms with van der Waals surface area (Å²) in [6.07, 6.45) is 3.91. The quantitative estimate of drug-likeness (QED) is 0.667. The maximum absolute atomic E-state index is 12.3. The Morgan fingerprint density at radius 1 is 1.19 bits per heavy atom. The number of benzene rings is 1. The minimum absolute atomic E-state index is 0.269. The van der Waals surface area contributed by atoms with Crippen LogP contribution >= 0.6 is 0 Å². The van der Waals surface area contributed by atoms with E-state index in [0.717, 1.165) is 19.3 Å². The third kappa shape index (κ3) is 5.61. The van der Waals surface area contributed by atoms with Gasteiger partial charge in [-0.15, -0.1) is 0 Å². The average Bonchev–Trinajstić information content (AvgIpc) is 3.14. The normalized spacial score (nSPS) is 14.9. The predicted molar refractivity (Wildman–Crippen MR) is 98.6 cm³/mol. The fourth-order valence-electron chi connectivity index (χ4n) is 3.00. The van der Waals surface area contributed by atoms with Crippen molar-refractivity contribution >= 4 is 11.9 Å². The van der Waals surface area contributed by atoms with E-state index in [2.05, 4.69) is 11.4 Å². The summed E-state index contributed by atoms with van der Waals surface area (Å²) in [5.74, 6) is -0.0882. The number of nitriles is 1. The van der Waals surface area contributed by atoms with E-state index in [0.29, 0.717) is 37.6 Å². The third-order valence-corrected chi connectivity index (χ3v) is 4.33. The molecular weight excluding hydrogens is 348 g/mol. The third-order valence-electron chi connectivity index (χ3n) is 4.33. The lowest BCUT2D eigenvalue weighted by molar-refractivity contribution is -0.125. The molecule has 0 atom stereocenters. The van der Waals surface area contributed by atoms with Crippen LogP contribution in [0, 0.1) is 11.3 Å². The minimum atomic E-state index is -0.829. The highest BCUT2D eigenvalue weighted by molar-refractivity contribution is 5.92. The molecule has 1 aliphatic carbocycles. The number of rotatable bonds is 9. The van der Waals surface area contributed by atoms with Gasteiger partial charge in [0.05, 0.1) is 24.8 Å². The van der Waals surface area contributed by atoms with Gasteiger partial charge in [-0.2, -0.15) is 5.26 Å². The topological polar surface area (TPSA) is 97.6 Å². The molecule has 0 heterocycles. The van der Waals surface area contributed by atoms with Crippen LogP contribution in [0.5, 0.6) is 11.5 Å². The van der Waals surface area contributed by atoms with Crippen molar-refractivity contribution in [1.82, 2.24) is 5.32 Å². The monoisotopic (exact) mass is 374 g/mol. The zero-order chi connectivity index (χ0) is 19.7. The number of carbonyl (C=O) groups is 2. The molecule has 0 spiro atoms. The Balaban J connectivity index is 1.95. The molecule has 27 heavy (non-hydrogen) atoms. The van der Waals surface area contributed by atoms with Crippen LogP contribution in [0.25, 0.3) is 0 Å². The molecule has 7 heteroatoms. The van der Waals surface area contributed by atoms with E-state index in [1.165, 1.54) is 0 Å². The summed E-state index contributed by atoms with van der Waals surface area (Å²) in [6.45, 7) is 4.39. The second-order valence-electron chi connectivity index (χ2n) is 6.47. The van der Waals surface area contributed by atoms with Gasteiger partial charge in [0.2, 0.25) is 0 Å². The van der Waals surface area contributed by atoms with Crippen LogP contribution in [0.1, 0.15) is 56.3 Å². The number of amides is 1. The van der Waals surface area contributed by atoms with Crippen molar-refractivity contribution in [2.75, 3.05) is 19.8 Å². The van der Waals surface area contributed by atoms with E-state index in [-0.39, 0.29) is 5.56 Å². The lowest BCUT2D eigenvalue weighted by Gasteiger charge is -2.21. The van der Waals surface area contributed by atoms with E-state index in [4.69, 9.17) is 14.2 Å². The zero-order valence-corrected chi connectivity index (χ0v) is 15.9. The van der Waals surface area contributed by atoms with Crippen LogP contribution in [0.2, 0.25) is 0 Å². The summed E-state index contributed by atoms with van der Waals surface area (Å²) < 4.78 is 16.2. The molecule has 0 aliphatic heterocycles. The second kappa shape index (κ2) is 9.81. The first-order valence-electron chi connectivity index (χ1n) is 9.32. The Labute approximate surface area is 159 Å². The number of nitrogens with zero attached hydrogens (tertiary/aromatic N) is 1. The van der Waals surface area contributed by atoms with Crippen molar-refractivity contribution in [3.8, 4) is 17.6 Å². The molecule has 0 saturated heterocycles. The van der Waals surface area contributed by atoms with E-state index in [1.54, 1.807) is 18.2 Å². The molecule has 1 aromatic rings. The van der Waals surface area contributed by atoms with Crippen LogP contribution in [0.15, 0.2) is 18.2 Å². The van der Waals surface area contributed by atoms with E-state index >= 15 is 0 Å². The first kappa shape index (κ1) is 20.6. The van der Waals surface area contributed by atoms with Gasteiger partial charge in [-0.1, -0.05) is 6.92 Å². The average molecular weight is 374 g/mol. The lowest BCUT2D eigenvalue weighted by atomic mass is 10.00. The first-order chi connectivity index (χ1) is 13.0. The number of ether oxygens (including phenoxy) is 3. The van der Waals surface area contributed by atoms with Crippen LogP contribution in [-0.4, -0.2) is 37.2 Å². The fraction of sp³-hybridized carbons (Fsp3) is 0.550. The largest absolute Gasteiger partial charge is 0.490 e. The maximum Gasteiger partial charge on any atom is 0.338 e. The van der Waals surface area contributed by atoms with Gasteiger partial charge < -0.3 is 19.5 Å². The second-order valence-corrected chi connectivity index (χ2v) is 6.47. The molecule has 1 aliphatic rings. The molecule has 1 saturated carbocycles. The van der Waals surface area contributed by atoms with Gasteiger partial charge in [-0.25, -0.2) is 4.79 Å². The van der Waals surface area contributed by atoms with Crippen molar-refractivity contribution in [2.24, 2.45) is 0 Å². The number of hydrogen-bond acceptors (Lipinski definition) is 6. The van der Waals surface area contributed by atoms with Crippen LogP contribution in [-0.2, 0) is 9.53 Å². The first-order valence-corrected chi connectivity index (χ1v) is 9.32. The molecule has 0 bridgehead atoms. The van der Waals surface area contributed by atoms with Crippen molar-refractivity contribution in [2.45, 2.75) is 51.5 Å². The van der Waals surface area contributed by atoms with Gasteiger partial charge >= 0.3 is 5.97 Å². The van der Waals surface area contributed by atoms with Gasteiger partial charge in [0.1, 0.15) is 5.54 Å². The van der Waals surface area contributed by atoms with Crippen LogP contribution in [0.4, 0.5) is 0 Å². The summed E-state index contributed by atoms with van der Waals surface area (Å²) in [7, 11) is 0. The van der Waals surface area contributed by atoms with Crippen molar-refractivity contribution < 1.29 is 23.8 Å². The highest BCUT2D eigenvalue weighted by atomic mass is 16.5. The molecule has 7 nitrogen and oxygen atoms in total. The van der Waals surface area contributed by atoms with Crippen molar-refractivity contribution in [1.29, 1.82) is 5.26 Å². The minimum Gasteiger partial charge on any atom is -0.490 e. The van der Waals surface area contributed by atoms with Crippen molar-refractivity contribution in [3.63, 3.8) is 0 Å². The molecule has 1 amide bonds. The van der Waals surface area contributed by atoms with Gasteiger partial charge in [-0.3, -0.25) is 4.79 Å². The van der Waals surface area contributed by atoms with E-state index in [9.17, 15) is 14.9 Å². The molecule has 2 rings (SSSR count). The number of nitrogens with one attached hydrogen (secondary N) is 1. The van der Waals surface area contributed by atoms with E-state index < -0.39 is 24.0 Å². The summed E-state index contributed by atoms with van der Waals surface area (Å²) in [5, 5.41) is 12.0. The fourth-order valence-corrected chi connectivity index (χ4v) is 3.00.